The third-order valence-corrected chi connectivity index (χ3v) is 2.55. The number of unbranched alkanes of at least 4 members (excludes halogenated alkanes) is 1. The Labute approximate surface area is 88.7 Å². The van der Waals surface area contributed by atoms with E-state index in [4.69, 9.17) is 4.74 Å². The molecule has 0 radical (unpaired) electrons. The summed E-state index contributed by atoms with van der Waals surface area (Å²) in [6.07, 6.45) is 4.01. The summed E-state index contributed by atoms with van der Waals surface area (Å²) >= 11 is 1.52. The maximum absolute atomic E-state index is 13.0. The van der Waals surface area contributed by atoms with E-state index >= 15 is 0 Å². The highest BCUT2D eigenvalue weighted by Crippen LogP contribution is 2.23. The monoisotopic (exact) mass is 214 g/mol. The molecule has 0 aromatic heterocycles. The largest absolute Gasteiger partial charge is 0.493 e. The molecule has 0 unspecified atom stereocenters. The maximum atomic E-state index is 13.0. The smallest absolute Gasteiger partial charge is 0.128 e. The van der Waals surface area contributed by atoms with E-state index in [0.717, 1.165) is 17.7 Å². The van der Waals surface area contributed by atoms with Crippen molar-refractivity contribution in [3.63, 3.8) is 0 Å². The van der Waals surface area contributed by atoms with Crippen molar-refractivity contribution < 1.29 is 9.13 Å². The van der Waals surface area contributed by atoms with Crippen molar-refractivity contribution in [2.24, 2.45) is 0 Å². The van der Waals surface area contributed by atoms with Gasteiger partial charge in [0.2, 0.25) is 0 Å². The predicted octanol–water partition coefficient (Wildman–Crippen LogP) is 3.73. The summed E-state index contributed by atoms with van der Waals surface area (Å²) in [5, 5.41) is 0. The second kappa shape index (κ2) is 5.91. The SMILES string of the molecule is CCCCOc1cc(F)cc(SC)c1. The third-order valence-electron chi connectivity index (χ3n) is 1.85. The molecule has 0 aliphatic heterocycles. The lowest BCUT2D eigenvalue weighted by molar-refractivity contribution is 0.307. The van der Waals surface area contributed by atoms with Gasteiger partial charge < -0.3 is 4.74 Å². The molecule has 78 valence electrons. The predicted molar refractivity (Wildman–Crippen MR) is 58.6 cm³/mol. The van der Waals surface area contributed by atoms with Gasteiger partial charge in [0.25, 0.3) is 0 Å². The van der Waals surface area contributed by atoms with Crippen LogP contribution in [0.1, 0.15) is 19.8 Å². The summed E-state index contributed by atoms with van der Waals surface area (Å²) in [6, 6.07) is 4.80. The molecule has 1 aromatic carbocycles. The Balaban J connectivity index is 2.62. The molecule has 0 aliphatic rings. The van der Waals surface area contributed by atoms with Gasteiger partial charge in [0, 0.05) is 11.0 Å². The summed E-state index contributed by atoms with van der Waals surface area (Å²) in [7, 11) is 0. The van der Waals surface area contributed by atoms with Crippen LogP contribution in [-0.4, -0.2) is 12.9 Å². The summed E-state index contributed by atoms with van der Waals surface area (Å²) < 4.78 is 18.4. The van der Waals surface area contributed by atoms with Crippen molar-refractivity contribution in [3.05, 3.63) is 24.0 Å². The fraction of sp³-hybridized carbons (Fsp3) is 0.455. The lowest BCUT2D eigenvalue weighted by Gasteiger charge is -2.06. The Morgan fingerprint density at radius 3 is 2.79 bits per heavy atom. The zero-order chi connectivity index (χ0) is 10.4. The Kier molecular flexibility index (Phi) is 4.80. The normalized spacial score (nSPS) is 10.2. The van der Waals surface area contributed by atoms with Crippen LogP contribution in [0.15, 0.2) is 23.1 Å². The molecule has 0 saturated carbocycles. The van der Waals surface area contributed by atoms with E-state index in [-0.39, 0.29) is 5.82 Å². The van der Waals surface area contributed by atoms with Crippen molar-refractivity contribution in [1.82, 2.24) is 0 Å². The minimum absolute atomic E-state index is 0.233. The molecule has 0 aliphatic carbocycles. The highest BCUT2D eigenvalue weighted by molar-refractivity contribution is 7.98. The van der Waals surface area contributed by atoms with Gasteiger partial charge >= 0.3 is 0 Å². The first-order valence-corrected chi connectivity index (χ1v) is 5.96. The summed E-state index contributed by atoms with van der Waals surface area (Å²) in [5.41, 5.74) is 0. The quantitative estimate of drug-likeness (QED) is 0.545. The minimum Gasteiger partial charge on any atom is -0.493 e. The number of halogens is 1. The molecule has 1 rings (SSSR count). The number of hydrogen-bond acceptors (Lipinski definition) is 2. The van der Waals surface area contributed by atoms with Gasteiger partial charge in [-0.15, -0.1) is 11.8 Å². The van der Waals surface area contributed by atoms with Gasteiger partial charge in [0.15, 0.2) is 0 Å². The van der Waals surface area contributed by atoms with Crippen LogP contribution in [0.4, 0.5) is 4.39 Å². The van der Waals surface area contributed by atoms with E-state index in [9.17, 15) is 4.39 Å². The van der Waals surface area contributed by atoms with Crippen LogP contribution in [0.2, 0.25) is 0 Å². The number of rotatable bonds is 5. The average molecular weight is 214 g/mol. The van der Waals surface area contributed by atoms with Gasteiger partial charge in [-0.25, -0.2) is 4.39 Å². The van der Waals surface area contributed by atoms with E-state index in [1.807, 2.05) is 12.3 Å². The van der Waals surface area contributed by atoms with Crippen molar-refractivity contribution in [2.75, 3.05) is 12.9 Å². The van der Waals surface area contributed by atoms with Gasteiger partial charge in [-0.3, -0.25) is 0 Å². The molecule has 0 saturated heterocycles. The van der Waals surface area contributed by atoms with Crippen molar-refractivity contribution in [1.29, 1.82) is 0 Å². The first-order valence-electron chi connectivity index (χ1n) is 4.73. The van der Waals surface area contributed by atoms with Crippen LogP contribution < -0.4 is 4.74 Å². The molecule has 0 N–H and O–H groups in total. The molecule has 0 heterocycles. The topological polar surface area (TPSA) is 9.23 Å². The lowest BCUT2D eigenvalue weighted by atomic mass is 10.3. The second-order valence-corrected chi connectivity index (χ2v) is 3.91. The molecular formula is C11H15FOS. The van der Waals surface area contributed by atoms with Gasteiger partial charge in [0.05, 0.1) is 6.61 Å². The number of thioether (sulfide) groups is 1. The van der Waals surface area contributed by atoms with Crippen LogP contribution in [0.5, 0.6) is 5.75 Å². The van der Waals surface area contributed by atoms with Crippen molar-refractivity contribution in [2.45, 2.75) is 24.7 Å². The highest BCUT2D eigenvalue weighted by atomic mass is 32.2. The van der Waals surface area contributed by atoms with E-state index in [1.54, 1.807) is 0 Å². The molecule has 0 atom stereocenters. The Bertz CT molecular complexity index is 289. The van der Waals surface area contributed by atoms with E-state index in [0.29, 0.717) is 12.4 Å². The van der Waals surface area contributed by atoms with Gasteiger partial charge in [-0.1, -0.05) is 13.3 Å². The number of ether oxygens (including phenoxy) is 1. The van der Waals surface area contributed by atoms with Crippen LogP contribution in [0.3, 0.4) is 0 Å². The zero-order valence-corrected chi connectivity index (χ0v) is 9.36. The van der Waals surface area contributed by atoms with Crippen LogP contribution in [0, 0.1) is 5.82 Å². The molecule has 3 heteroatoms. The average Bonchev–Trinajstić information content (AvgIpc) is 2.17. The fourth-order valence-corrected chi connectivity index (χ4v) is 1.54. The molecule has 0 fully saturated rings. The first kappa shape index (κ1) is 11.4. The standard InChI is InChI=1S/C11H15FOS/c1-3-4-5-13-10-6-9(12)7-11(8-10)14-2/h6-8H,3-5H2,1-2H3. The molecule has 1 nitrogen and oxygen atoms in total. The third kappa shape index (κ3) is 3.58. The van der Waals surface area contributed by atoms with Gasteiger partial charge in [-0.05, 0) is 24.8 Å². The Morgan fingerprint density at radius 1 is 1.36 bits per heavy atom. The highest BCUT2D eigenvalue weighted by Gasteiger charge is 2.00. The second-order valence-electron chi connectivity index (χ2n) is 3.03. The summed E-state index contributed by atoms with van der Waals surface area (Å²) in [5.74, 6) is 0.395. The summed E-state index contributed by atoms with van der Waals surface area (Å²) in [6.45, 7) is 2.76. The van der Waals surface area contributed by atoms with E-state index in [1.165, 1.54) is 23.9 Å². The Hall–Kier alpha value is -0.700. The zero-order valence-electron chi connectivity index (χ0n) is 8.55. The molecule has 14 heavy (non-hydrogen) atoms. The molecule has 0 spiro atoms. The minimum atomic E-state index is -0.233. The van der Waals surface area contributed by atoms with Crippen molar-refractivity contribution >= 4 is 11.8 Å². The van der Waals surface area contributed by atoms with Crippen molar-refractivity contribution in [3.8, 4) is 5.75 Å². The first-order chi connectivity index (χ1) is 6.76. The fourth-order valence-electron chi connectivity index (χ4n) is 1.07. The molecule has 0 amide bonds. The number of hydrogen-bond donors (Lipinski definition) is 0. The lowest BCUT2D eigenvalue weighted by Crippen LogP contribution is -1.96. The van der Waals surface area contributed by atoms with Crippen LogP contribution in [0.25, 0.3) is 0 Å². The Morgan fingerprint density at radius 2 is 2.14 bits per heavy atom. The van der Waals surface area contributed by atoms with Crippen LogP contribution in [-0.2, 0) is 0 Å². The van der Waals surface area contributed by atoms with Crippen LogP contribution >= 0.6 is 11.8 Å². The summed E-state index contributed by atoms with van der Waals surface area (Å²) in [4.78, 5) is 0.900. The molecule has 1 aromatic rings. The number of benzene rings is 1. The van der Waals surface area contributed by atoms with E-state index < -0.39 is 0 Å². The molecular weight excluding hydrogens is 199 g/mol. The van der Waals surface area contributed by atoms with E-state index in [2.05, 4.69) is 6.92 Å². The van der Waals surface area contributed by atoms with Gasteiger partial charge in [0.1, 0.15) is 11.6 Å². The molecule has 0 bridgehead atoms. The van der Waals surface area contributed by atoms with Gasteiger partial charge in [-0.2, -0.15) is 0 Å². The maximum Gasteiger partial charge on any atom is 0.128 e.